The first-order valence-electron chi connectivity index (χ1n) is 6.18. The van der Waals surface area contributed by atoms with E-state index in [-0.39, 0.29) is 0 Å². The summed E-state index contributed by atoms with van der Waals surface area (Å²) in [5.41, 5.74) is 1.74. The molecule has 96 valence electrons. The van der Waals surface area contributed by atoms with E-state index in [1.807, 2.05) is 31.3 Å². The molecule has 0 saturated heterocycles. The van der Waals surface area contributed by atoms with Gasteiger partial charge in [-0.1, -0.05) is 34.5 Å². The molecule has 0 fully saturated rings. The molecule has 2 aromatic rings. The first-order chi connectivity index (χ1) is 8.81. The fourth-order valence-electron chi connectivity index (χ4n) is 1.75. The fourth-order valence-corrected chi connectivity index (χ4v) is 2.15. The van der Waals surface area contributed by atoms with E-state index in [2.05, 4.69) is 36.0 Å². The summed E-state index contributed by atoms with van der Waals surface area (Å²) in [4.78, 5) is 6.58. The maximum atomic E-state index is 4.52. The van der Waals surface area contributed by atoms with Crippen molar-refractivity contribution in [3.63, 3.8) is 0 Å². The van der Waals surface area contributed by atoms with E-state index < -0.39 is 0 Å². The van der Waals surface area contributed by atoms with Crippen LogP contribution in [0.1, 0.15) is 19.3 Å². The number of rotatable bonds is 6. The third-order valence-electron chi connectivity index (χ3n) is 2.82. The summed E-state index contributed by atoms with van der Waals surface area (Å²) in [6.45, 7) is 0.965. The molecule has 1 aromatic heterocycles. The molecule has 1 aromatic carbocycles. The molecule has 0 saturated carbocycles. The first-order valence-corrected chi connectivity index (χ1v) is 7.30. The Hall–Kier alpha value is -1.23. The van der Waals surface area contributed by atoms with Crippen molar-refractivity contribution in [2.24, 2.45) is 0 Å². The Bertz CT molecular complexity index is 503. The molecule has 0 atom stereocenters. The van der Waals surface area contributed by atoms with Gasteiger partial charge in [0.1, 0.15) is 5.52 Å². The van der Waals surface area contributed by atoms with Crippen molar-refractivity contribution in [3.8, 4) is 0 Å². The standard InChI is InChI=1S/C13H17BrN4/c1-18(10-6-2-5-9-14)13-15-11-7-3-4-8-12(11)16-17-13/h3-4,7-8H,2,5-6,9-10H2,1H3. The number of aromatic nitrogens is 3. The SMILES string of the molecule is CN(CCCCCBr)c1nnc2ccccc2n1. The van der Waals surface area contributed by atoms with Gasteiger partial charge in [0.2, 0.25) is 5.95 Å². The molecule has 5 heteroatoms. The van der Waals surface area contributed by atoms with Crippen LogP contribution in [-0.4, -0.2) is 34.1 Å². The van der Waals surface area contributed by atoms with E-state index in [0.29, 0.717) is 5.95 Å². The number of hydrogen-bond acceptors (Lipinski definition) is 4. The molecule has 4 nitrogen and oxygen atoms in total. The minimum absolute atomic E-state index is 0.701. The Labute approximate surface area is 116 Å². The Morgan fingerprint density at radius 2 is 1.83 bits per heavy atom. The van der Waals surface area contributed by atoms with Gasteiger partial charge in [0.05, 0.1) is 5.52 Å². The highest BCUT2D eigenvalue weighted by Crippen LogP contribution is 2.12. The zero-order valence-electron chi connectivity index (χ0n) is 10.5. The summed E-state index contributed by atoms with van der Waals surface area (Å²) in [6.07, 6.45) is 3.58. The molecule has 0 unspecified atom stereocenters. The lowest BCUT2D eigenvalue weighted by molar-refractivity contribution is 0.699. The third kappa shape index (κ3) is 3.38. The Morgan fingerprint density at radius 3 is 2.61 bits per heavy atom. The second-order valence-corrected chi connectivity index (χ2v) is 5.06. The number of benzene rings is 1. The summed E-state index contributed by atoms with van der Waals surface area (Å²) >= 11 is 3.44. The second kappa shape index (κ2) is 6.64. The second-order valence-electron chi connectivity index (χ2n) is 4.27. The predicted molar refractivity (Wildman–Crippen MR) is 78.2 cm³/mol. The van der Waals surface area contributed by atoms with Crippen LogP contribution in [0.15, 0.2) is 24.3 Å². The maximum absolute atomic E-state index is 4.52. The van der Waals surface area contributed by atoms with Gasteiger partial charge in [0.25, 0.3) is 0 Å². The molecule has 0 bridgehead atoms. The maximum Gasteiger partial charge on any atom is 0.245 e. The highest BCUT2D eigenvalue weighted by molar-refractivity contribution is 9.09. The van der Waals surface area contributed by atoms with Crippen molar-refractivity contribution in [2.75, 3.05) is 23.8 Å². The molecule has 0 spiro atoms. The lowest BCUT2D eigenvalue weighted by atomic mass is 10.2. The van der Waals surface area contributed by atoms with E-state index >= 15 is 0 Å². The Kier molecular flexibility index (Phi) is 4.87. The van der Waals surface area contributed by atoms with Crippen LogP contribution in [0.4, 0.5) is 5.95 Å². The summed E-state index contributed by atoms with van der Waals surface area (Å²) in [5.74, 6) is 0.701. The quantitative estimate of drug-likeness (QED) is 0.607. The van der Waals surface area contributed by atoms with Crippen molar-refractivity contribution < 1.29 is 0 Å². The average Bonchev–Trinajstić information content (AvgIpc) is 2.43. The van der Waals surface area contributed by atoms with Gasteiger partial charge in [-0.05, 0) is 25.0 Å². The lowest BCUT2D eigenvalue weighted by Gasteiger charge is -2.16. The minimum atomic E-state index is 0.701. The Balaban J connectivity index is 2.01. The van der Waals surface area contributed by atoms with Gasteiger partial charge >= 0.3 is 0 Å². The first kappa shape index (κ1) is 13.2. The number of alkyl halides is 1. The van der Waals surface area contributed by atoms with Crippen molar-refractivity contribution in [3.05, 3.63) is 24.3 Å². The molecule has 0 radical (unpaired) electrons. The molecule has 2 rings (SSSR count). The van der Waals surface area contributed by atoms with Gasteiger partial charge in [-0.3, -0.25) is 0 Å². The molecule has 0 aliphatic carbocycles. The molecule has 0 aliphatic rings. The fraction of sp³-hybridized carbons (Fsp3) is 0.462. The Morgan fingerprint density at radius 1 is 1.06 bits per heavy atom. The van der Waals surface area contributed by atoms with Crippen molar-refractivity contribution in [1.82, 2.24) is 15.2 Å². The zero-order valence-corrected chi connectivity index (χ0v) is 12.1. The third-order valence-corrected chi connectivity index (χ3v) is 3.38. The molecular weight excluding hydrogens is 292 g/mol. The average molecular weight is 309 g/mol. The number of fused-ring (bicyclic) bond motifs is 1. The van der Waals surface area contributed by atoms with Gasteiger partial charge in [0.15, 0.2) is 0 Å². The van der Waals surface area contributed by atoms with Crippen molar-refractivity contribution in [1.29, 1.82) is 0 Å². The van der Waals surface area contributed by atoms with Crippen LogP contribution < -0.4 is 4.90 Å². The van der Waals surface area contributed by atoms with Crippen LogP contribution in [0.25, 0.3) is 11.0 Å². The zero-order chi connectivity index (χ0) is 12.8. The topological polar surface area (TPSA) is 41.9 Å². The van der Waals surface area contributed by atoms with Crippen molar-refractivity contribution in [2.45, 2.75) is 19.3 Å². The number of anilines is 1. The van der Waals surface area contributed by atoms with Gasteiger partial charge < -0.3 is 4.90 Å². The van der Waals surface area contributed by atoms with Crippen LogP contribution in [0.3, 0.4) is 0 Å². The van der Waals surface area contributed by atoms with Crippen LogP contribution in [0.5, 0.6) is 0 Å². The van der Waals surface area contributed by atoms with Crippen LogP contribution >= 0.6 is 15.9 Å². The number of unbranched alkanes of at least 4 members (excludes halogenated alkanes) is 2. The predicted octanol–water partition coefficient (Wildman–Crippen LogP) is 3.03. The normalized spacial score (nSPS) is 10.8. The highest BCUT2D eigenvalue weighted by Gasteiger charge is 2.05. The number of halogens is 1. The van der Waals surface area contributed by atoms with Gasteiger partial charge in [-0.15, -0.1) is 10.2 Å². The van der Waals surface area contributed by atoms with Gasteiger partial charge in [-0.2, -0.15) is 0 Å². The van der Waals surface area contributed by atoms with Crippen LogP contribution in [-0.2, 0) is 0 Å². The number of nitrogens with zero attached hydrogens (tertiary/aromatic N) is 4. The molecule has 0 N–H and O–H groups in total. The summed E-state index contributed by atoms with van der Waals surface area (Å²) in [6, 6.07) is 7.81. The molecule has 0 amide bonds. The van der Waals surface area contributed by atoms with Gasteiger partial charge in [0, 0.05) is 18.9 Å². The van der Waals surface area contributed by atoms with E-state index in [0.717, 1.165) is 29.3 Å². The highest BCUT2D eigenvalue weighted by atomic mass is 79.9. The molecule has 0 aliphatic heterocycles. The summed E-state index contributed by atoms with van der Waals surface area (Å²) in [7, 11) is 2.01. The van der Waals surface area contributed by atoms with E-state index in [1.165, 1.54) is 12.8 Å². The van der Waals surface area contributed by atoms with Crippen molar-refractivity contribution >= 4 is 32.9 Å². The number of para-hydroxylation sites is 1. The van der Waals surface area contributed by atoms with Gasteiger partial charge in [-0.25, -0.2) is 4.98 Å². The van der Waals surface area contributed by atoms with Crippen LogP contribution in [0, 0.1) is 0 Å². The smallest absolute Gasteiger partial charge is 0.245 e. The molecule has 1 heterocycles. The summed E-state index contributed by atoms with van der Waals surface area (Å²) in [5, 5.41) is 9.42. The largest absolute Gasteiger partial charge is 0.343 e. The van der Waals surface area contributed by atoms with Crippen LogP contribution in [0.2, 0.25) is 0 Å². The lowest BCUT2D eigenvalue weighted by Crippen LogP contribution is -2.21. The molecule has 18 heavy (non-hydrogen) atoms. The van der Waals surface area contributed by atoms with E-state index in [9.17, 15) is 0 Å². The molecular formula is C13H17BrN4. The summed E-state index contributed by atoms with van der Waals surface area (Å²) < 4.78 is 0. The van der Waals surface area contributed by atoms with E-state index in [4.69, 9.17) is 0 Å². The number of hydrogen-bond donors (Lipinski definition) is 0. The monoisotopic (exact) mass is 308 g/mol. The van der Waals surface area contributed by atoms with E-state index in [1.54, 1.807) is 0 Å². The minimum Gasteiger partial charge on any atom is -0.343 e.